The van der Waals surface area contributed by atoms with E-state index in [0.717, 1.165) is 5.56 Å². The van der Waals surface area contributed by atoms with E-state index in [4.69, 9.17) is 4.84 Å². The quantitative estimate of drug-likeness (QED) is 0.876. The Labute approximate surface area is 157 Å². The van der Waals surface area contributed by atoms with Gasteiger partial charge in [-0.2, -0.15) is 0 Å². The normalized spacial score (nSPS) is 20.8. The van der Waals surface area contributed by atoms with Crippen LogP contribution in [-0.2, 0) is 19.7 Å². The highest BCUT2D eigenvalue weighted by Gasteiger charge is 2.29. The van der Waals surface area contributed by atoms with Crippen LogP contribution < -0.4 is 9.62 Å². The molecule has 7 nitrogen and oxygen atoms in total. The summed E-state index contributed by atoms with van der Waals surface area (Å²) in [6, 6.07) is 16.4. The molecule has 1 atom stereocenters. The van der Waals surface area contributed by atoms with E-state index in [1.807, 2.05) is 30.3 Å². The van der Waals surface area contributed by atoms with Gasteiger partial charge in [0.1, 0.15) is 5.71 Å². The molecule has 8 heteroatoms. The second-order valence-corrected chi connectivity index (χ2v) is 8.50. The van der Waals surface area contributed by atoms with Gasteiger partial charge < -0.3 is 10.2 Å². The number of oxime groups is 1. The fraction of sp³-hybridized carbons (Fsp3) is 0.263. The molecule has 0 radical (unpaired) electrons. The zero-order valence-electron chi connectivity index (χ0n) is 14.5. The summed E-state index contributed by atoms with van der Waals surface area (Å²) in [7, 11) is -3.21. The fourth-order valence-corrected chi connectivity index (χ4v) is 4.77. The molecule has 4 rings (SSSR count). The van der Waals surface area contributed by atoms with Crippen LogP contribution in [0.3, 0.4) is 0 Å². The van der Waals surface area contributed by atoms with Gasteiger partial charge in [-0.05, 0) is 36.2 Å². The molecule has 0 aliphatic carbocycles. The molecule has 1 fully saturated rings. The highest BCUT2D eigenvalue weighted by atomic mass is 32.2. The number of carbonyl (C=O) groups is 1. The Hall–Kier alpha value is -2.87. The lowest BCUT2D eigenvalue weighted by Gasteiger charge is -2.17. The smallest absolute Gasteiger partial charge is 0.273 e. The minimum atomic E-state index is -3.21. The summed E-state index contributed by atoms with van der Waals surface area (Å²) in [6.45, 7) is 0.489. The van der Waals surface area contributed by atoms with E-state index in [9.17, 15) is 13.2 Å². The van der Waals surface area contributed by atoms with Gasteiger partial charge in [-0.25, -0.2) is 8.42 Å². The Balaban J connectivity index is 1.39. The van der Waals surface area contributed by atoms with Crippen LogP contribution in [0, 0.1) is 0 Å². The van der Waals surface area contributed by atoms with Crippen LogP contribution in [0.4, 0.5) is 11.4 Å². The largest absolute Gasteiger partial charge is 0.387 e. The van der Waals surface area contributed by atoms with Crippen molar-refractivity contribution in [2.75, 3.05) is 21.9 Å². The molecule has 1 amide bonds. The molecule has 1 saturated heterocycles. The van der Waals surface area contributed by atoms with Crippen molar-refractivity contribution in [1.82, 2.24) is 0 Å². The molecule has 0 saturated carbocycles. The topological polar surface area (TPSA) is 88.1 Å². The fourth-order valence-electron chi connectivity index (χ4n) is 3.20. The minimum absolute atomic E-state index is 0.174. The summed E-state index contributed by atoms with van der Waals surface area (Å²) in [4.78, 5) is 17.8. The predicted molar refractivity (Wildman–Crippen MR) is 103 cm³/mol. The van der Waals surface area contributed by atoms with E-state index in [-0.39, 0.29) is 17.8 Å². The van der Waals surface area contributed by atoms with Gasteiger partial charge in [0.25, 0.3) is 5.91 Å². The van der Waals surface area contributed by atoms with Crippen LogP contribution in [-0.4, -0.2) is 32.3 Å². The van der Waals surface area contributed by atoms with Crippen molar-refractivity contribution in [3.05, 3.63) is 60.2 Å². The molecule has 27 heavy (non-hydrogen) atoms. The second-order valence-electron chi connectivity index (χ2n) is 6.49. The minimum Gasteiger partial charge on any atom is -0.387 e. The molecular weight excluding hydrogens is 366 g/mol. The Bertz CT molecular complexity index is 972. The average molecular weight is 385 g/mol. The zero-order chi connectivity index (χ0) is 18.9. The number of benzene rings is 2. The standard InChI is InChI=1S/C19H19N3O4S/c23-19(17-13-18(26-21-17)14-5-2-1-3-6-14)20-15-7-9-16(10-8-15)22-11-4-12-27(22,24)25/h1-3,5-10,18H,4,11-13H2,(H,20,23). The number of sulfonamides is 1. The molecule has 140 valence electrons. The summed E-state index contributed by atoms with van der Waals surface area (Å²) in [5.41, 5.74) is 2.48. The molecule has 2 aromatic carbocycles. The first-order chi connectivity index (χ1) is 13.0. The van der Waals surface area contributed by atoms with Gasteiger partial charge in [0.05, 0.1) is 11.4 Å². The highest BCUT2D eigenvalue weighted by Crippen LogP contribution is 2.28. The summed E-state index contributed by atoms with van der Waals surface area (Å²) >= 11 is 0. The summed E-state index contributed by atoms with van der Waals surface area (Å²) < 4.78 is 25.3. The Morgan fingerprint density at radius 2 is 1.85 bits per heavy atom. The maximum absolute atomic E-state index is 12.4. The van der Waals surface area contributed by atoms with Gasteiger partial charge in [-0.15, -0.1) is 0 Å². The lowest BCUT2D eigenvalue weighted by atomic mass is 10.0. The number of nitrogens with one attached hydrogen (secondary N) is 1. The Kier molecular flexibility index (Phi) is 4.57. The predicted octanol–water partition coefficient (Wildman–Crippen LogP) is 2.68. The average Bonchev–Trinajstić information content (AvgIpc) is 3.30. The van der Waals surface area contributed by atoms with Crippen molar-refractivity contribution < 1.29 is 18.0 Å². The summed E-state index contributed by atoms with van der Waals surface area (Å²) in [6.07, 6.45) is 0.776. The van der Waals surface area contributed by atoms with Gasteiger partial charge >= 0.3 is 0 Å². The zero-order valence-corrected chi connectivity index (χ0v) is 15.4. The van der Waals surface area contributed by atoms with Crippen molar-refractivity contribution in [3.63, 3.8) is 0 Å². The van der Waals surface area contributed by atoms with Crippen molar-refractivity contribution in [1.29, 1.82) is 0 Å². The van der Waals surface area contributed by atoms with Gasteiger partial charge in [-0.3, -0.25) is 9.10 Å². The molecule has 2 aliphatic heterocycles. The highest BCUT2D eigenvalue weighted by molar-refractivity contribution is 7.93. The molecular formula is C19H19N3O4S. The third-order valence-electron chi connectivity index (χ3n) is 4.61. The molecule has 2 heterocycles. The molecule has 0 aromatic heterocycles. The third-order valence-corrected chi connectivity index (χ3v) is 6.48. The maximum Gasteiger partial charge on any atom is 0.273 e. The van der Waals surface area contributed by atoms with Crippen molar-refractivity contribution in [3.8, 4) is 0 Å². The molecule has 0 bridgehead atoms. The van der Waals surface area contributed by atoms with Gasteiger partial charge in [-0.1, -0.05) is 35.5 Å². The molecule has 0 spiro atoms. The van der Waals surface area contributed by atoms with Crippen LogP contribution in [0.5, 0.6) is 0 Å². The molecule has 2 aliphatic rings. The third kappa shape index (κ3) is 3.66. The van der Waals surface area contributed by atoms with E-state index in [0.29, 0.717) is 36.5 Å². The van der Waals surface area contributed by atoms with Gasteiger partial charge in [0, 0.05) is 18.7 Å². The lowest BCUT2D eigenvalue weighted by Crippen LogP contribution is -2.25. The van der Waals surface area contributed by atoms with Gasteiger partial charge in [0.15, 0.2) is 6.10 Å². The SMILES string of the molecule is O=C(Nc1ccc(N2CCCS2(=O)=O)cc1)C1=NOC(c2ccccc2)C1. The van der Waals surface area contributed by atoms with E-state index in [2.05, 4.69) is 10.5 Å². The number of rotatable bonds is 4. The summed E-state index contributed by atoms with van der Waals surface area (Å²) in [5.74, 6) is -0.150. The summed E-state index contributed by atoms with van der Waals surface area (Å²) in [5, 5.41) is 6.68. The Morgan fingerprint density at radius 3 is 2.52 bits per heavy atom. The second kappa shape index (κ2) is 7.03. The van der Waals surface area contributed by atoms with E-state index < -0.39 is 10.0 Å². The number of anilines is 2. The van der Waals surface area contributed by atoms with Crippen LogP contribution in [0.2, 0.25) is 0 Å². The van der Waals surface area contributed by atoms with Crippen molar-refractivity contribution >= 4 is 33.0 Å². The number of carbonyl (C=O) groups excluding carboxylic acids is 1. The first-order valence-electron chi connectivity index (χ1n) is 8.72. The molecule has 1 unspecified atom stereocenters. The number of hydrogen-bond donors (Lipinski definition) is 1. The van der Waals surface area contributed by atoms with Crippen LogP contribution >= 0.6 is 0 Å². The first-order valence-corrected chi connectivity index (χ1v) is 10.3. The number of hydrogen-bond acceptors (Lipinski definition) is 5. The van der Waals surface area contributed by atoms with Crippen LogP contribution in [0.1, 0.15) is 24.5 Å². The maximum atomic E-state index is 12.4. The molecule has 2 aromatic rings. The van der Waals surface area contributed by atoms with Gasteiger partial charge in [0.2, 0.25) is 10.0 Å². The first kappa shape index (κ1) is 17.5. The number of nitrogens with zero attached hydrogens (tertiary/aromatic N) is 2. The van der Waals surface area contributed by atoms with E-state index in [1.165, 1.54) is 4.31 Å². The lowest BCUT2D eigenvalue weighted by molar-refractivity contribution is -0.110. The van der Waals surface area contributed by atoms with E-state index in [1.54, 1.807) is 24.3 Å². The molecule has 1 N–H and O–H groups in total. The Morgan fingerprint density at radius 1 is 1.11 bits per heavy atom. The monoisotopic (exact) mass is 385 g/mol. The van der Waals surface area contributed by atoms with Crippen molar-refractivity contribution in [2.24, 2.45) is 5.16 Å². The number of amides is 1. The van der Waals surface area contributed by atoms with E-state index >= 15 is 0 Å². The van der Waals surface area contributed by atoms with Crippen LogP contribution in [0.25, 0.3) is 0 Å². The van der Waals surface area contributed by atoms with Crippen molar-refractivity contribution in [2.45, 2.75) is 18.9 Å². The van der Waals surface area contributed by atoms with Crippen LogP contribution in [0.15, 0.2) is 59.8 Å².